The van der Waals surface area contributed by atoms with Crippen LogP contribution in [0.4, 0.5) is 11.4 Å². The van der Waals surface area contributed by atoms with E-state index in [0.29, 0.717) is 11.3 Å². The number of aromatic hydroxyl groups is 1. The molecule has 12 nitrogen and oxygen atoms in total. The van der Waals surface area contributed by atoms with Gasteiger partial charge in [-0.25, -0.2) is 0 Å². The van der Waals surface area contributed by atoms with E-state index >= 15 is 0 Å². The number of likely N-dealkylation sites (N-methyl/N-ethyl adjacent to an activating group) is 1. The van der Waals surface area contributed by atoms with Crippen LogP contribution in [0.2, 0.25) is 0 Å². The van der Waals surface area contributed by atoms with Crippen molar-refractivity contribution in [2.45, 2.75) is 49.9 Å². The van der Waals surface area contributed by atoms with Crippen LogP contribution in [-0.4, -0.2) is 113 Å². The van der Waals surface area contributed by atoms with Gasteiger partial charge in [0.15, 0.2) is 11.4 Å². The van der Waals surface area contributed by atoms with Gasteiger partial charge in [0.1, 0.15) is 22.8 Å². The Balaban J connectivity index is 0.00000230. The van der Waals surface area contributed by atoms with Gasteiger partial charge in [0.2, 0.25) is 5.78 Å². The van der Waals surface area contributed by atoms with E-state index in [1.165, 1.54) is 10.5 Å². The van der Waals surface area contributed by atoms with Gasteiger partial charge in [-0.05, 0) is 62.9 Å². The largest absolute Gasteiger partial charge is 0.508 e. The van der Waals surface area contributed by atoms with Gasteiger partial charge in [-0.15, -0.1) is 9.24 Å². The molecule has 6 rings (SSSR count). The summed E-state index contributed by atoms with van der Waals surface area (Å²) in [6.07, 6.45) is 1.94. The number of phenols is 1. The lowest BCUT2D eigenvalue weighted by atomic mass is 9.57. The van der Waals surface area contributed by atoms with Crippen molar-refractivity contribution in [3.63, 3.8) is 0 Å². The number of carbonyl (C=O) groups excluding carboxylic acids is 3. The summed E-state index contributed by atoms with van der Waals surface area (Å²) in [6.45, 7) is 4.51. The molecular formula is C36H48N5O7P. The summed E-state index contributed by atoms with van der Waals surface area (Å²) in [4.78, 5) is 45.6. The first kappa shape index (κ1) is 36.3. The minimum absolute atomic E-state index is 0.0426. The van der Waals surface area contributed by atoms with Crippen molar-refractivity contribution in [1.82, 2.24) is 9.80 Å². The summed E-state index contributed by atoms with van der Waals surface area (Å²) in [5.74, 6) is -6.62. The molecule has 1 aliphatic heterocycles. The number of anilines is 2. The number of fused-ring (bicyclic) bond motifs is 3. The Morgan fingerprint density at radius 1 is 1.06 bits per heavy atom. The Kier molecular flexibility index (Phi) is 10.5. The van der Waals surface area contributed by atoms with Gasteiger partial charge in [-0.1, -0.05) is 37.0 Å². The first-order valence-corrected chi connectivity index (χ1v) is 17.7. The fourth-order valence-corrected chi connectivity index (χ4v) is 8.10. The molecule has 0 aromatic heterocycles. The highest BCUT2D eigenvalue weighted by atomic mass is 31.0. The Labute approximate surface area is 289 Å². The number of phenolic OH excluding ortho intramolecular Hbond substituents is 1. The van der Waals surface area contributed by atoms with Gasteiger partial charge in [-0.2, -0.15) is 0 Å². The van der Waals surface area contributed by atoms with E-state index in [4.69, 9.17) is 5.73 Å². The molecule has 1 saturated heterocycles. The molecule has 1 amide bonds. The zero-order chi connectivity index (χ0) is 35.9. The Bertz CT molecular complexity index is 1700. The second-order valence-corrected chi connectivity index (χ2v) is 13.7. The fraction of sp³-hybridized carbons (Fsp3) is 0.472. The van der Waals surface area contributed by atoms with Crippen LogP contribution in [0.15, 0.2) is 53.3 Å². The number of likely N-dealkylation sites (tertiary alicyclic amines) is 1. The number of aliphatic hydroxyl groups excluding tert-OH is 2. The van der Waals surface area contributed by atoms with Gasteiger partial charge >= 0.3 is 0 Å². The molecule has 1 unspecified atom stereocenters. The van der Waals surface area contributed by atoms with Gasteiger partial charge < -0.3 is 36.4 Å². The standard InChI is InChI=1S/C35H43N5O7.CH5P/c1-38(2)24-16-23(37-20-10-12-40(13-11-20)17-18-8-6-5-7-9-18)29(41)26-21(24)14-19-15-22-28(39(3)4)31(43)27(34(36)46)33(45)35(22,47)32(44)25(19)30(26)42;1-2/h5-9,16,19-20,22,28,37,41-42,45,47H,10-15,17H2,1-4H3,(H2,36,46);2H2,1H3/t19-,22-,28-,35-;/m0./s1. The minimum Gasteiger partial charge on any atom is -0.508 e. The molecule has 2 aromatic carbocycles. The molecule has 2 aromatic rings. The summed E-state index contributed by atoms with van der Waals surface area (Å²) < 4.78 is 0. The molecule has 0 bridgehead atoms. The lowest BCUT2D eigenvalue weighted by Crippen LogP contribution is -2.65. The normalized spacial score (nSPS) is 25.7. The quantitative estimate of drug-likeness (QED) is 0.143. The van der Waals surface area contributed by atoms with Crippen molar-refractivity contribution in [1.29, 1.82) is 0 Å². The van der Waals surface area contributed by atoms with Gasteiger partial charge in [-0.3, -0.25) is 24.2 Å². The van der Waals surface area contributed by atoms with Crippen molar-refractivity contribution in [2.24, 2.45) is 17.6 Å². The molecule has 264 valence electrons. The van der Waals surface area contributed by atoms with E-state index in [2.05, 4.69) is 31.6 Å². The molecular weight excluding hydrogens is 645 g/mol. The maximum absolute atomic E-state index is 14.2. The smallest absolute Gasteiger partial charge is 0.255 e. The number of carbonyl (C=O) groups is 3. The number of nitrogens with two attached hydrogens (primary N) is 1. The van der Waals surface area contributed by atoms with E-state index in [9.17, 15) is 34.8 Å². The molecule has 13 heteroatoms. The highest BCUT2D eigenvalue weighted by Crippen LogP contribution is 2.54. The topological polar surface area (TPSA) is 180 Å². The van der Waals surface area contributed by atoms with Crippen LogP contribution in [0.3, 0.4) is 0 Å². The Hall–Kier alpha value is -3.96. The average molecular weight is 694 g/mol. The second-order valence-electron chi connectivity index (χ2n) is 13.7. The number of hydrogen-bond donors (Lipinski definition) is 6. The number of piperidine rings is 1. The number of hydrogen-bond acceptors (Lipinski definition) is 11. The molecule has 1 saturated carbocycles. The second kappa shape index (κ2) is 14.1. The number of amides is 1. The highest BCUT2D eigenvalue weighted by Gasteiger charge is 2.64. The third-order valence-electron chi connectivity index (χ3n) is 10.4. The Morgan fingerprint density at radius 2 is 1.69 bits per heavy atom. The van der Waals surface area contributed by atoms with Crippen LogP contribution < -0.4 is 16.0 Å². The molecule has 3 aliphatic carbocycles. The zero-order valence-electron chi connectivity index (χ0n) is 28.7. The average Bonchev–Trinajstić information content (AvgIpc) is 3.06. The van der Waals surface area contributed by atoms with Crippen LogP contribution >= 0.6 is 9.24 Å². The first-order valence-electron chi connectivity index (χ1n) is 16.6. The van der Waals surface area contributed by atoms with Crippen molar-refractivity contribution in [3.05, 3.63) is 70.0 Å². The maximum atomic E-state index is 14.2. The fourth-order valence-electron chi connectivity index (χ4n) is 8.10. The third kappa shape index (κ3) is 6.20. The Morgan fingerprint density at radius 3 is 2.27 bits per heavy atom. The number of aliphatic hydroxyl groups is 3. The van der Waals surface area contributed by atoms with Crippen molar-refractivity contribution in [3.8, 4) is 5.75 Å². The number of ketones is 2. The molecule has 4 aliphatic rings. The van der Waals surface area contributed by atoms with Crippen LogP contribution in [0.25, 0.3) is 5.76 Å². The third-order valence-corrected chi connectivity index (χ3v) is 10.4. The first-order chi connectivity index (χ1) is 23.2. The lowest BCUT2D eigenvalue weighted by molar-refractivity contribution is -0.153. The molecule has 1 heterocycles. The van der Waals surface area contributed by atoms with Gasteiger partial charge in [0, 0.05) is 56.9 Å². The number of nitrogens with one attached hydrogen (secondary N) is 1. The lowest BCUT2D eigenvalue weighted by Gasteiger charge is -2.50. The van der Waals surface area contributed by atoms with Crippen LogP contribution in [0, 0.1) is 11.8 Å². The van der Waals surface area contributed by atoms with Gasteiger partial charge in [0.25, 0.3) is 5.91 Å². The van der Waals surface area contributed by atoms with Crippen LogP contribution in [-0.2, 0) is 27.3 Å². The SMILES string of the molecule is CN(C)c1cc(NC2CCN(Cc3ccccc3)CC2)c(O)c2c1C[C@H]1C[C@H]3[C@H](N(C)C)C(=O)C(C(N)=O)=C(O)[C@@]3(O)C(=O)C1=C2O.CP. The monoisotopic (exact) mass is 693 g/mol. The number of primary amides is 1. The van der Waals surface area contributed by atoms with Crippen molar-refractivity contribution >= 4 is 43.8 Å². The van der Waals surface area contributed by atoms with Crippen LogP contribution in [0.1, 0.15) is 36.0 Å². The molecule has 7 N–H and O–H groups in total. The van der Waals surface area contributed by atoms with E-state index in [1.54, 1.807) is 14.1 Å². The predicted octanol–water partition coefficient (Wildman–Crippen LogP) is 2.60. The minimum atomic E-state index is -2.67. The predicted molar refractivity (Wildman–Crippen MR) is 193 cm³/mol. The number of Topliss-reactive ketones (excluding diaryl/α,β-unsaturated/α-hetero) is 2. The summed E-state index contributed by atoms with van der Waals surface area (Å²) in [5, 5.41) is 49.9. The number of benzene rings is 2. The van der Waals surface area contributed by atoms with E-state index in [-0.39, 0.29) is 35.8 Å². The molecule has 2 fully saturated rings. The summed E-state index contributed by atoms with van der Waals surface area (Å²) in [5.41, 5.74) is 4.88. The highest BCUT2D eigenvalue weighted by molar-refractivity contribution is 7.15. The molecule has 5 atom stereocenters. The van der Waals surface area contributed by atoms with E-state index in [1.807, 2.05) is 49.9 Å². The molecule has 0 spiro atoms. The van der Waals surface area contributed by atoms with Crippen molar-refractivity contribution in [2.75, 3.05) is 58.2 Å². The van der Waals surface area contributed by atoms with Gasteiger partial charge in [0.05, 0.1) is 17.3 Å². The summed E-state index contributed by atoms with van der Waals surface area (Å²) in [7, 11) is 9.29. The summed E-state index contributed by atoms with van der Waals surface area (Å²) in [6, 6.07) is 11.1. The van der Waals surface area contributed by atoms with Crippen LogP contribution in [0.5, 0.6) is 5.75 Å². The number of rotatable bonds is 7. The maximum Gasteiger partial charge on any atom is 0.255 e. The zero-order valence-corrected chi connectivity index (χ0v) is 29.9. The van der Waals surface area contributed by atoms with E-state index in [0.717, 1.165) is 38.2 Å². The number of nitrogens with zero attached hydrogens (tertiary/aromatic N) is 3. The van der Waals surface area contributed by atoms with E-state index < -0.39 is 58.0 Å². The van der Waals surface area contributed by atoms with Crippen molar-refractivity contribution < 1.29 is 34.8 Å². The molecule has 49 heavy (non-hydrogen) atoms. The summed E-state index contributed by atoms with van der Waals surface area (Å²) >= 11 is 0. The molecule has 0 radical (unpaired) electrons.